The van der Waals surface area contributed by atoms with Crippen LogP contribution in [0.2, 0.25) is 0 Å². The van der Waals surface area contributed by atoms with Gasteiger partial charge in [-0.1, -0.05) is 12.1 Å². The Hall–Kier alpha value is -1.26. The number of rotatable bonds is 1. The molecule has 0 saturated carbocycles. The molecule has 1 aromatic rings. The Bertz CT molecular complexity index is 313. The minimum atomic E-state index is -0.799. The van der Waals surface area contributed by atoms with Crippen molar-refractivity contribution in [2.75, 3.05) is 13.2 Å². The van der Waals surface area contributed by atoms with Gasteiger partial charge in [-0.2, -0.15) is 0 Å². The summed E-state index contributed by atoms with van der Waals surface area (Å²) in [6.45, 7) is -0.0822. The smallest absolute Gasteiger partial charge is 0.161 e. The highest BCUT2D eigenvalue weighted by Crippen LogP contribution is 2.30. The van der Waals surface area contributed by atoms with E-state index in [4.69, 9.17) is 14.6 Å². The molecule has 0 spiro atoms. The van der Waals surface area contributed by atoms with Crippen LogP contribution in [0.1, 0.15) is 0 Å². The first-order valence-electron chi connectivity index (χ1n) is 4.48. The molecule has 0 bridgehead atoms. The van der Waals surface area contributed by atoms with Crippen LogP contribution < -0.4 is 9.47 Å². The summed E-state index contributed by atoms with van der Waals surface area (Å²) < 4.78 is 10.7. The zero-order chi connectivity index (χ0) is 9.97. The lowest BCUT2D eigenvalue weighted by Gasteiger charge is -2.17. The molecule has 2 rings (SSSR count). The van der Waals surface area contributed by atoms with Gasteiger partial charge in [0.15, 0.2) is 17.6 Å². The quantitative estimate of drug-likeness (QED) is 0.672. The number of aliphatic hydroxyl groups excluding tert-OH is 2. The van der Waals surface area contributed by atoms with Gasteiger partial charge in [-0.15, -0.1) is 0 Å². The molecule has 2 atom stereocenters. The van der Waals surface area contributed by atoms with Gasteiger partial charge in [-0.25, -0.2) is 0 Å². The summed E-state index contributed by atoms with van der Waals surface area (Å²) in [4.78, 5) is 0. The molecule has 0 radical (unpaired) electrons. The summed E-state index contributed by atoms with van der Waals surface area (Å²) in [5, 5.41) is 18.5. The van der Waals surface area contributed by atoms with Gasteiger partial charge >= 0.3 is 0 Å². The Kier molecular flexibility index (Phi) is 2.56. The summed E-state index contributed by atoms with van der Waals surface area (Å²) in [5.41, 5.74) is 0. The molecule has 1 heterocycles. The summed E-state index contributed by atoms with van der Waals surface area (Å²) in [5.74, 6) is 1.16. The molecule has 2 unspecified atom stereocenters. The van der Waals surface area contributed by atoms with E-state index in [-0.39, 0.29) is 13.2 Å². The minimum absolute atomic E-state index is 0.141. The molecule has 0 aliphatic carbocycles. The lowest BCUT2D eigenvalue weighted by Crippen LogP contribution is -2.37. The van der Waals surface area contributed by atoms with Crippen LogP contribution in [0, 0.1) is 0 Å². The van der Waals surface area contributed by atoms with Crippen molar-refractivity contribution in [2.45, 2.75) is 12.2 Å². The van der Waals surface area contributed by atoms with Crippen LogP contribution in [0.5, 0.6) is 11.5 Å². The molecule has 1 aliphatic heterocycles. The molecule has 14 heavy (non-hydrogen) atoms. The van der Waals surface area contributed by atoms with E-state index in [0.29, 0.717) is 11.5 Å². The van der Waals surface area contributed by atoms with Crippen molar-refractivity contribution in [3.8, 4) is 11.5 Å². The highest BCUT2D eigenvalue weighted by atomic mass is 16.6. The van der Waals surface area contributed by atoms with Crippen molar-refractivity contribution < 1.29 is 19.7 Å². The Labute approximate surface area is 81.7 Å². The first-order valence-corrected chi connectivity index (χ1v) is 4.48. The molecular formula is C10H12O4. The zero-order valence-electron chi connectivity index (χ0n) is 7.59. The Morgan fingerprint density at radius 3 is 2.71 bits per heavy atom. The third-order valence-electron chi connectivity index (χ3n) is 2.15. The second-order valence-corrected chi connectivity index (χ2v) is 3.16. The summed E-state index contributed by atoms with van der Waals surface area (Å²) in [7, 11) is 0. The van der Waals surface area contributed by atoms with Gasteiger partial charge in [0.2, 0.25) is 0 Å². The van der Waals surface area contributed by atoms with Crippen LogP contribution >= 0.6 is 0 Å². The van der Waals surface area contributed by atoms with Gasteiger partial charge < -0.3 is 19.7 Å². The fourth-order valence-electron chi connectivity index (χ4n) is 1.35. The molecule has 1 aliphatic rings. The van der Waals surface area contributed by atoms with Gasteiger partial charge in [0, 0.05) is 0 Å². The maximum Gasteiger partial charge on any atom is 0.161 e. The average Bonchev–Trinajstić information content (AvgIpc) is 2.38. The van der Waals surface area contributed by atoms with E-state index in [1.165, 1.54) is 0 Å². The molecule has 0 amide bonds. The minimum Gasteiger partial charge on any atom is -0.487 e. The fraction of sp³-hybridized carbons (Fsp3) is 0.400. The number of aliphatic hydroxyl groups is 2. The van der Waals surface area contributed by atoms with E-state index in [0.717, 1.165) is 0 Å². The maximum atomic E-state index is 9.51. The largest absolute Gasteiger partial charge is 0.487 e. The number of fused-ring (bicyclic) bond motifs is 1. The summed E-state index contributed by atoms with van der Waals surface area (Å²) in [6.07, 6.45) is -1.41. The maximum absolute atomic E-state index is 9.51. The standard InChI is InChI=1S/C10H12O4/c11-5-10-7(12)6-13-8-3-1-2-4-9(8)14-10/h1-4,7,10-12H,5-6H2. The first-order chi connectivity index (χ1) is 6.81. The Balaban J connectivity index is 2.26. The highest BCUT2D eigenvalue weighted by molar-refractivity contribution is 5.40. The lowest BCUT2D eigenvalue weighted by molar-refractivity contribution is -0.00646. The SMILES string of the molecule is OCC1Oc2ccccc2OCC1O. The van der Waals surface area contributed by atoms with Crippen molar-refractivity contribution in [3.63, 3.8) is 0 Å². The topological polar surface area (TPSA) is 58.9 Å². The number of hydrogen-bond acceptors (Lipinski definition) is 4. The van der Waals surface area contributed by atoms with Crippen molar-refractivity contribution in [2.24, 2.45) is 0 Å². The van der Waals surface area contributed by atoms with E-state index in [1.54, 1.807) is 12.1 Å². The van der Waals surface area contributed by atoms with E-state index in [9.17, 15) is 5.11 Å². The predicted octanol–water partition coefficient (Wildman–Crippen LogP) is 0.180. The number of para-hydroxylation sites is 2. The Morgan fingerprint density at radius 2 is 2.00 bits per heavy atom. The van der Waals surface area contributed by atoms with Crippen molar-refractivity contribution >= 4 is 0 Å². The third-order valence-corrected chi connectivity index (χ3v) is 2.15. The van der Waals surface area contributed by atoms with E-state index >= 15 is 0 Å². The summed E-state index contributed by atoms with van der Waals surface area (Å²) >= 11 is 0. The van der Waals surface area contributed by atoms with Crippen molar-refractivity contribution in [1.82, 2.24) is 0 Å². The molecule has 0 fully saturated rings. The fourth-order valence-corrected chi connectivity index (χ4v) is 1.35. The first kappa shape index (κ1) is 9.30. The van der Waals surface area contributed by atoms with E-state index in [2.05, 4.69) is 0 Å². The van der Waals surface area contributed by atoms with Crippen LogP contribution in [-0.4, -0.2) is 35.6 Å². The van der Waals surface area contributed by atoms with Crippen molar-refractivity contribution in [1.29, 1.82) is 0 Å². The third kappa shape index (κ3) is 1.66. The molecule has 0 aromatic heterocycles. The van der Waals surface area contributed by atoms with E-state index < -0.39 is 12.2 Å². The lowest BCUT2D eigenvalue weighted by atomic mass is 10.2. The zero-order valence-corrected chi connectivity index (χ0v) is 7.59. The molecule has 0 saturated heterocycles. The monoisotopic (exact) mass is 196 g/mol. The Morgan fingerprint density at radius 1 is 1.29 bits per heavy atom. The highest BCUT2D eigenvalue weighted by Gasteiger charge is 2.25. The number of hydrogen-bond donors (Lipinski definition) is 2. The molecule has 4 nitrogen and oxygen atoms in total. The number of benzene rings is 1. The number of ether oxygens (including phenoxy) is 2. The van der Waals surface area contributed by atoms with Crippen molar-refractivity contribution in [3.05, 3.63) is 24.3 Å². The predicted molar refractivity (Wildman–Crippen MR) is 49.4 cm³/mol. The van der Waals surface area contributed by atoms with Crippen LogP contribution in [0.3, 0.4) is 0 Å². The van der Waals surface area contributed by atoms with Gasteiger partial charge in [-0.05, 0) is 12.1 Å². The molecule has 76 valence electrons. The molecule has 1 aromatic carbocycles. The normalized spacial score (nSPS) is 25.6. The second-order valence-electron chi connectivity index (χ2n) is 3.16. The average molecular weight is 196 g/mol. The van der Waals surface area contributed by atoms with Gasteiger partial charge in [0.1, 0.15) is 12.7 Å². The van der Waals surface area contributed by atoms with Crippen LogP contribution in [0.15, 0.2) is 24.3 Å². The molecular weight excluding hydrogens is 184 g/mol. The van der Waals surface area contributed by atoms with Gasteiger partial charge in [0.25, 0.3) is 0 Å². The van der Waals surface area contributed by atoms with Crippen LogP contribution in [0.25, 0.3) is 0 Å². The van der Waals surface area contributed by atoms with Crippen LogP contribution in [-0.2, 0) is 0 Å². The van der Waals surface area contributed by atoms with Gasteiger partial charge in [0.05, 0.1) is 6.61 Å². The van der Waals surface area contributed by atoms with Gasteiger partial charge in [-0.3, -0.25) is 0 Å². The van der Waals surface area contributed by atoms with Crippen LogP contribution in [0.4, 0.5) is 0 Å². The summed E-state index contributed by atoms with van der Waals surface area (Å²) in [6, 6.07) is 7.15. The van der Waals surface area contributed by atoms with E-state index in [1.807, 2.05) is 12.1 Å². The molecule has 2 N–H and O–H groups in total. The second kappa shape index (κ2) is 3.86. The molecule has 4 heteroatoms.